The summed E-state index contributed by atoms with van der Waals surface area (Å²) in [5.41, 5.74) is 0.883. The number of carbonyl (C=O) groups excluding carboxylic acids is 4. The monoisotopic (exact) mass is 555 g/mol. The molecule has 0 unspecified atom stereocenters. The van der Waals surface area contributed by atoms with Gasteiger partial charge in [-0.05, 0) is 55.7 Å². The molecule has 11 nitrogen and oxygen atoms in total. The zero-order valence-electron chi connectivity index (χ0n) is 23.4. The average Bonchev–Trinajstić information content (AvgIpc) is 2.95. The Bertz CT molecular complexity index is 1050. The number of benzene rings is 1. The number of hydroxylamine groups is 2. The fraction of sp³-hybridized carbons (Fsp3) is 0.483. The average molecular weight is 556 g/mol. The standard InChI is InChI=1S/C29H41N5O6/c1-4-25(34(39)20-35)23(18-21(2)3)27(36)32-24(28(37)33-26-15-9-11-16-30-26)14-8-10-17-31-29(38)40-19-22-12-6-5-7-13-22/h5-7,9,11-13,15-16,20-21,23-25,39H,4,8,10,14,17-19H2,1-3H3,(H,31,38)(H,32,36)(H,30,33,37)/t23-,24-,25-/m0/s1. The molecule has 2 rings (SSSR count). The number of aromatic nitrogens is 1. The minimum absolute atomic E-state index is 0.110. The topological polar surface area (TPSA) is 150 Å². The van der Waals surface area contributed by atoms with Crippen LogP contribution in [0.15, 0.2) is 54.7 Å². The minimum atomic E-state index is -0.893. The fourth-order valence-corrected chi connectivity index (χ4v) is 4.32. The first-order valence-electron chi connectivity index (χ1n) is 13.6. The summed E-state index contributed by atoms with van der Waals surface area (Å²) in [7, 11) is 0. The van der Waals surface area contributed by atoms with Crippen molar-refractivity contribution < 1.29 is 29.1 Å². The molecule has 1 heterocycles. The summed E-state index contributed by atoms with van der Waals surface area (Å²) >= 11 is 0. The predicted octanol–water partition coefficient (Wildman–Crippen LogP) is 3.89. The van der Waals surface area contributed by atoms with E-state index < -0.39 is 35.9 Å². The van der Waals surface area contributed by atoms with Crippen LogP contribution in [0.2, 0.25) is 0 Å². The number of nitrogens with zero attached hydrogens (tertiary/aromatic N) is 2. The van der Waals surface area contributed by atoms with Gasteiger partial charge in [-0.25, -0.2) is 14.8 Å². The van der Waals surface area contributed by atoms with Crippen LogP contribution >= 0.6 is 0 Å². The van der Waals surface area contributed by atoms with E-state index >= 15 is 0 Å². The van der Waals surface area contributed by atoms with Crippen molar-refractivity contribution >= 4 is 30.1 Å². The molecule has 4 N–H and O–H groups in total. The number of rotatable bonds is 17. The summed E-state index contributed by atoms with van der Waals surface area (Å²) in [4.78, 5) is 53.9. The molecule has 0 fully saturated rings. The molecule has 40 heavy (non-hydrogen) atoms. The summed E-state index contributed by atoms with van der Waals surface area (Å²) < 4.78 is 5.21. The molecule has 0 saturated heterocycles. The number of hydrogen-bond donors (Lipinski definition) is 4. The molecule has 2 aromatic rings. The molecule has 4 amide bonds. The maximum absolute atomic E-state index is 13.4. The molecular formula is C29H41N5O6. The lowest BCUT2D eigenvalue weighted by atomic mass is 9.87. The summed E-state index contributed by atoms with van der Waals surface area (Å²) in [5.74, 6) is -1.12. The van der Waals surface area contributed by atoms with Gasteiger partial charge in [-0.15, -0.1) is 0 Å². The highest BCUT2D eigenvalue weighted by Crippen LogP contribution is 2.22. The molecule has 218 valence electrons. The molecule has 1 aromatic carbocycles. The predicted molar refractivity (Wildman–Crippen MR) is 150 cm³/mol. The van der Waals surface area contributed by atoms with Crippen molar-refractivity contribution in [3.63, 3.8) is 0 Å². The second-order valence-corrected chi connectivity index (χ2v) is 9.95. The largest absolute Gasteiger partial charge is 0.445 e. The van der Waals surface area contributed by atoms with E-state index in [0.29, 0.717) is 49.5 Å². The van der Waals surface area contributed by atoms with Crippen molar-refractivity contribution in [1.82, 2.24) is 20.7 Å². The van der Waals surface area contributed by atoms with Gasteiger partial charge in [0.25, 0.3) is 0 Å². The zero-order chi connectivity index (χ0) is 29.3. The van der Waals surface area contributed by atoms with E-state index in [1.807, 2.05) is 44.2 Å². The van der Waals surface area contributed by atoms with Gasteiger partial charge < -0.3 is 20.7 Å². The molecule has 0 bridgehead atoms. The van der Waals surface area contributed by atoms with E-state index in [4.69, 9.17) is 4.74 Å². The lowest BCUT2D eigenvalue weighted by Crippen LogP contribution is -2.51. The summed E-state index contributed by atoms with van der Waals surface area (Å²) in [5, 5.41) is 18.9. The van der Waals surface area contributed by atoms with E-state index in [1.165, 1.54) is 0 Å². The van der Waals surface area contributed by atoms with Crippen LogP contribution in [-0.4, -0.2) is 58.2 Å². The first-order valence-corrected chi connectivity index (χ1v) is 13.6. The number of pyridine rings is 1. The molecule has 0 radical (unpaired) electrons. The highest BCUT2D eigenvalue weighted by Gasteiger charge is 2.34. The maximum atomic E-state index is 13.4. The first-order chi connectivity index (χ1) is 19.2. The molecule has 0 aliphatic rings. The number of unbranched alkanes of at least 4 members (excludes halogenated alkanes) is 1. The summed E-state index contributed by atoms with van der Waals surface area (Å²) in [6.45, 7) is 6.17. The minimum Gasteiger partial charge on any atom is -0.445 e. The third-order valence-corrected chi connectivity index (χ3v) is 6.34. The van der Waals surface area contributed by atoms with E-state index in [2.05, 4.69) is 20.9 Å². The molecule has 1 aromatic heterocycles. The van der Waals surface area contributed by atoms with Gasteiger partial charge in [-0.2, -0.15) is 0 Å². The van der Waals surface area contributed by atoms with Crippen LogP contribution in [0.1, 0.15) is 58.4 Å². The second kappa shape index (κ2) is 17.6. The summed E-state index contributed by atoms with van der Waals surface area (Å²) in [6, 6.07) is 12.8. The Labute approximate surface area is 235 Å². The van der Waals surface area contributed by atoms with E-state index in [9.17, 15) is 24.4 Å². The van der Waals surface area contributed by atoms with E-state index in [1.54, 1.807) is 31.3 Å². The van der Waals surface area contributed by atoms with Gasteiger partial charge in [0.05, 0.1) is 12.0 Å². The Kier molecular flexibility index (Phi) is 14.2. The SMILES string of the molecule is CC[C@@H]([C@H](CC(C)C)C(=O)N[C@@H](CCCCNC(=O)OCc1ccccc1)C(=O)Nc1ccccn1)N(O)C=O. The van der Waals surface area contributed by atoms with Crippen molar-refractivity contribution in [3.8, 4) is 0 Å². The zero-order valence-corrected chi connectivity index (χ0v) is 23.4. The van der Waals surface area contributed by atoms with Crippen LogP contribution in [0.3, 0.4) is 0 Å². The third-order valence-electron chi connectivity index (χ3n) is 6.34. The van der Waals surface area contributed by atoms with Crippen molar-refractivity contribution in [1.29, 1.82) is 0 Å². The van der Waals surface area contributed by atoms with Gasteiger partial charge in [0, 0.05) is 12.7 Å². The van der Waals surface area contributed by atoms with Crippen molar-refractivity contribution in [3.05, 3.63) is 60.3 Å². The lowest BCUT2D eigenvalue weighted by Gasteiger charge is -2.31. The molecule has 11 heteroatoms. The third kappa shape index (κ3) is 11.4. The van der Waals surface area contributed by atoms with Gasteiger partial charge in [0.2, 0.25) is 18.2 Å². The van der Waals surface area contributed by atoms with Crippen LogP contribution in [0.25, 0.3) is 0 Å². The Morgan fingerprint density at radius 1 is 1.05 bits per heavy atom. The molecule has 0 saturated carbocycles. The van der Waals surface area contributed by atoms with E-state index in [-0.39, 0.29) is 18.9 Å². The van der Waals surface area contributed by atoms with Crippen molar-refractivity contribution in [2.24, 2.45) is 11.8 Å². The van der Waals surface area contributed by atoms with Crippen LogP contribution in [0.4, 0.5) is 10.6 Å². The molecule has 3 atom stereocenters. The maximum Gasteiger partial charge on any atom is 0.407 e. The number of ether oxygens (including phenoxy) is 1. The highest BCUT2D eigenvalue weighted by molar-refractivity contribution is 5.96. The number of alkyl carbamates (subject to hydrolysis) is 1. The van der Waals surface area contributed by atoms with Crippen LogP contribution in [0.5, 0.6) is 0 Å². The van der Waals surface area contributed by atoms with Crippen LogP contribution < -0.4 is 16.0 Å². The van der Waals surface area contributed by atoms with Crippen LogP contribution in [0, 0.1) is 11.8 Å². The Morgan fingerprint density at radius 2 is 1.77 bits per heavy atom. The number of hydrogen-bond acceptors (Lipinski definition) is 7. The molecular weight excluding hydrogens is 514 g/mol. The Morgan fingerprint density at radius 3 is 2.40 bits per heavy atom. The summed E-state index contributed by atoms with van der Waals surface area (Å²) in [6.07, 6.45) is 3.44. The normalized spacial score (nSPS) is 13.0. The second-order valence-electron chi connectivity index (χ2n) is 9.95. The lowest BCUT2D eigenvalue weighted by molar-refractivity contribution is -0.169. The van der Waals surface area contributed by atoms with Crippen molar-refractivity contribution in [2.45, 2.75) is 71.6 Å². The number of anilines is 1. The van der Waals surface area contributed by atoms with Crippen molar-refractivity contribution in [2.75, 3.05) is 11.9 Å². The smallest absolute Gasteiger partial charge is 0.407 e. The Balaban J connectivity index is 1.99. The highest BCUT2D eigenvalue weighted by atomic mass is 16.5. The molecule has 0 aliphatic heterocycles. The number of carbonyl (C=O) groups is 4. The Hall–Kier alpha value is -3.99. The van der Waals surface area contributed by atoms with Gasteiger partial charge in [0.15, 0.2) is 0 Å². The van der Waals surface area contributed by atoms with Gasteiger partial charge >= 0.3 is 6.09 Å². The van der Waals surface area contributed by atoms with Crippen LogP contribution in [-0.2, 0) is 25.7 Å². The van der Waals surface area contributed by atoms with E-state index in [0.717, 1.165) is 5.56 Å². The van der Waals surface area contributed by atoms with Gasteiger partial charge in [-0.1, -0.05) is 57.2 Å². The molecule has 0 spiro atoms. The van der Waals surface area contributed by atoms with Gasteiger partial charge in [0.1, 0.15) is 18.5 Å². The quantitative estimate of drug-likeness (QED) is 0.100. The molecule has 0 aliphatic carbocycles. The fourth-order valence-electron chi connectivity index (χ4n) is 4.32. The number of nitrogens with one attached hydrogen (secondary N) is 3. The van der Waals surface area contributed by atoms with Gasteiger partial charge in [-0.3, -0.25) is 19.6 Å². The first kappa shape index (κ1) is 32.2. The number of amides is 4.